The van der Waals surface area contributed by atoms with E-state index in [0.717, 1.165) is 18.4 Å². The summed E-state index contributed by atoms with van der Waals surface area (Å²) >= 11 is 6.04. The van der Waals surface area contributed by atoms with Crippen LogP contribution < -0.4 is 20.6 Å². The molecule has 0 amide bonds. The number of halogens is 1. The van der Waals surface area contributed by atoms with E-state index in [1.807, 2.05) is 6.92 Å². The average molecular weight is 522 g/mol. The first kappa shape index (κ1) is 26.0. The van der Waals surface area contributed by atoms with Crippen LogP contribution in [0.4, 0.5) is 0 Å². The number of hydrogen-bond acceptors (Lipinski definition) is 6. The van der Waals surface area contributed by atoms with Gasteiger partial charge < -0.3 is 14.6 Å². The lowest BCUT2D eigenvalue weighted by molar-refractivity contribution is 0.387. The van der Waals surface area contributed by atoms with Gasteiger partial charge in [0, 0.05) is 30.8 Å². The summed E-state index contributed by atoms with van der Waals surface area (Å²) in [6, 6.07) is 15.3. The number of nitrogens with zero attached hydrogens (tertiary/aromatic N) is 3. The fraction of sp³-hybridized carbons (Fsp3) is 0.250. The van der Waals surface area contributed by atoms with Gasteiger partial charge in [0.05, 0.1) is 24.8 Å². The Balaban J connectivity index is 1.81. The van der Waals surface area contributed by atoms with Gasteiger partial charge in [0.1, 0.15) is 23.0 Å². The van der Waals surface area contributed by atoms with Crippen LogP contribution in [-0.2, 0) is 12.8 Å². The second-order valence-electron chi connectivity index (χ2n) is 8.48. The van der Waals surface area contributed by atoms with Crippen LogP contribution in [0.15, 0.2) is 70.4 Å². The van der Waals surface area contributed by atoms with Gasteiger partial charge in [-0.3, -0.25) is 18.7 Å². The molecule has 0 aliphatic heterocycles. The number of hydrogen-bond donors (Lipinski definition) is 1. The molecule has 4 aromatic rings. The maximum atomic E-state index is 13.9. The molecule has 8 nitrogen and oxygen atoms in total. The Morgan fingerprint density at radius 1 is 0.973 bits per heavy atom. The molecule has 0 spiro atoms. The fourth-order valence-electron chi connectivity index (χ4n) is 4.17. The first-order chi connectivity index (χ1) is 17.9. The Bertz CT molecular complexity index is 1500. The summed E-state index contributed by atoms with van der Waals surface area (Å²) in [5.41, 5.74) is 1.35. The Morgan fingerprint density at radius 2 is 1.65 bits per heavy atom. The third-order valence-corrected chi connectivity index (χ3v) is 6.30. The molecule has 0 aliphatic carbocycles. The predicted molar refractivity (Wildman–Crippen MR) is 143 cm³/mol. The number of pyridine rings is 1. The van der Waals surface area contributed by atoms with E-state index in [2.05, 4.69) is 4.98 Å². The largest absolute Gasteiger partial charge is 0.494 e. The number of aromatic nitrogens is 3. The normalized spacial score (nSPS) is 10.9. The zero-order valence-corrected chi connectivity index (χ0v) is 21.7. The van der Waals surface area contributed by atoms with E-state index in [9.17, 15) is 14.7 Å². The van der Waals surface area contributed by atoms with Crippen LogP contribution >= 0.6 is 11.6 Å². The highest BCUT2D eigenvalue weighted by molar-refractivity contribution is 6.30. The number of methoxy groups -OCH3 is 2. The zero-order valence-electron chi connectivity index (χ0n) is 20.9. The molecule has 2 heterocycles. The molecule has 0 bridgehead atoms. The first-order valence-corrected chi connectivity index (χ1v) is 12.3. The summed E-state index contributed by atoms with van der Waals surface area (Å²) < 4.78 is 14.0. The summed E-state index contributed by atoms with van der Waals surface area (Å²) in [6.07, 6.45) is 3.84. The van der Waals surface area contributed by atoms with Crippen LogP contribution in [0.25, 0.3) is 11.4 Å². The third-order valence-electron chi connectivity index (χ3n) is 6.07. The predicted octanol–water partition coefficient (Wildman–Crippen LogP) is 4.69. The van der Waals surface area contributed by atoms with Crippen molar-refractivity contribution in [2.24, 2.45) is 0 Å². The van der Waals surface area contributed by atoms with Crippen LogP contribution in [0.3, 0.4) is 0 Å². The Hall–Kier alpha value is -4.04. The molecule has 0 saturated carbocycles. The first-order valence-electron chi connectivity index (χ1n) is 11.9. The van der Waals surface area contributed by atoms with Crippen LogP contribution in [0.2, 0.25) is 5.02 Å². The van der Waals surface area contributed by atoms with Crippen molar-refractivity contribution in [3.8, 4) is 28.8 Å². The molecule has 4 rings (SSSR count). The van der Waals surface area contributed by atoms with Crippen molar-refractivity contribution in [2.45, 2.75) is 32.6 Å². The molecule has 0 aliphatic rings. The van der Waals surface area contributed by atoms with E-state index in [4.69, 9.17) is 21.1 Å². The van der Waals surface area contributed by atoms with Crippen molar-refractivity contribution in [1.29, 1.82) is 0 Å². The molecule has 9 heteroatoms. The Morgan fingerprint density at radius 3 is 2.27 bits per heavy atom. The van der Waals surface area contributed by atoms with Gasteiger partial charge in [0.15, 0.2) is 0 Å². The molecule has 0 fully saturated rings. The van der Waals surface area contributed by atoms with E-state index in [0.29, 0.717) is 40.1 Å². The van der Waals surface area contributed by atoms with E-state index in [1.165, 1.54) is 35.5 Å². The standard InChI is InChI=1S/C28H28ClN3O5/c1-4-5-9-24-30-27(34)21(28(35)32(24)26-22(36-2)7-6-8-23(26)37-3)16-18-10-13-20(14-11-18)31-17-19(29)12-15-25(31)33/h6-8,10-15,17,34H,4-5,9,16H2,1-3H3. The highest BCUT2D eigenvalue weighted by atomic mass is 35.5. The fourth-order valence-corrected chi connectivity index (χ4v) is 4.33. The van der Waals surface area contributed by atoms with Crippen LogP contribution in [-0.4, -0.2) is 33.4 Å². The van der Waals surface area contributed by atoms with Crippen molar-refractivity contribution in [3.05, 3.63) is 103 Å². The van der Waals surface area contributed by atoms with E-state index in [1.54, 1.807) is 48.7 Å². The second-order valence-corrected chi connectivity index (χ2v) is 8.92. The van der Waals surface area contributed by atoms with E-state index in [-0.39, 0.29) is 23.4 Å². The lowest BCUT2D eigenvalue weighted by Gasteiger charge is -2.19. The molecule has 0 unspecified atom stereocenters. The number of ether oxygens (including phenoxy) is 2. The molecule has 192 valence electrons. The molecule has 0 atom stereocenters. The van der Waals surface area contributed by atoms with Crippen molar-refractivity contribution in [1.82, 2.24) is 14.1 Å². The summed E-state index contributed by atoms with van der Waals surface area (Å²) in [6.45, 7) is 2.04. The van der Waals surface area contributed by atoms with Gasteiger partial charge in [-0.05, 0) is 42.3 Å². The Labute approximate surface area is 219 Å². The molecule has 1 N–H and O–H groups in total. The minimum atomic E-state index is -0.406. The van der Waals surface area contributed by atoms with Crippen LogP contribution in [0.1, 0.15) is 36.7 Å². The number of unbranched alkanes of at least 4 members (excludes halogenated alkanes) is 1. The third kappa shape index (κ3) is 5.39. The van der Waals surface area contributed by atoms with Gasteiger partial charge in [-0.1, -0.05) is 43.1 Å². The van der Waals surface area contributed by atoms with Gasteiger partial charge in [0.25, 0.3) is 11.1 Å². The number of aromatic hydroxyl groups is 1. The summed E-state index contributed by atoms with van der Waals surface area (Å²) in [7, 11) is 3.05. The topological polar surface area (TPSA) is 95.6 Å². The Kier molecular flexibility index (Phi) is 7.98. The minimum Gasteiger partial charge on any atom is -0.494 e. The summed E-state index contributed by atoms with van der Waals surface area (Å²) in [5, 5.41) is 11.2. The van der Waals surface area contributed by atoms with Gasteiger partial charge >= 0.3 is 0 Å². The molecular formula is C28H28ClN3O5. The molecular weight excluding hydrogens is 494 g/mol. The monoisotopic (exact) mass is 521 g/mol. The molecule has 37 heavy (non-hydrogen) atoms. The molecule has 0 saturated heterocycles. The highest BCUT2D eigenvalue weighted by Crippen LogP contribution is 2.33. The lowest BCUT2D eigenvalue weighted by Crippen LogP contribution is -2.28. The number of aryl methyl sites for hydroxylation is 1. The number of para-hydroxylation sites is 1. The van der Waals surface area contributed by atoms with E-state index < -0.39 is 5.56 Å². The smallest absolute Gasteiger partial charge is 0.265 e. The zero-order chi connectivity index (χ0) is 26.5. The average Bonchev–Trinajstić information content (AvgIpc) is 2.91. The van der Waals surface area contributed by atoms with Crippen molar-refractivity contribution < 1.29 is 14.6 Å². The summed E-state index contributed by atoms with van der Waals surface area (Å²) in [4.78, 5) is 30.5. The van der Waals surface area contributed by atoms with Crippen molar-refractivity contribution >= 4 is 11.6 Å². The molecule has 2 aromatic carbocycles. The molecule has 2 aromatic heterocycles. The van der Waals surface area contributed by atoms with Crippen LogP contribution in [0.5, 0.6) is 17.4 Å². The van der Waals surface area contributed by atoms with Gasteiger partial charge in [0.2, 0.25) is 5.88 Å². The van der Waals surface area contributed by atoms with Gasteiger partial charge in [-0.25, -0.2) is 0 Å². The quantitative estimate of drug-likeness (QED) is 0.343. The maximum Gasteiger partial charge on any atom is 0.265 e. The van der Waals surface area contributed by atoms with E-state index >= 15 is 0 Å². The second kappa shape index (κ2) is 11.3. The van der Waals surface area contributed by atoms with Crippen LogP contribution in [0, 0.1) is 0 Å². The minimum absolute atomic E-state index is 0.133. The molecule has 0 radical (unpaired) electrons. The van der Waals surface area contributed by atoms with Crippen molar-refractivity contribution in [2.75, 3.05) is 14.2 Å². The highest BCUT2D eigenvalue weighted by Gasteiger charge is 2.22. The van der Waals surface area contributed by atoms with Gasteiger partial charge in [-0.2, -0.15) is 4.98 Å². The number of benzene rings is 2. The maximum absolute atomic E-state index is 13.9. The number of rotatable bonds is 9. The summed E-state index contributed by atoms with van der Waals surface area (Å²) in [5.74, 6) is 1.02. The lowest BCUT2D eigenvalue weighted by atomic mass is 10.1. The van der Waals surface area contributed by atoms with Crippen molar-refractivity contribution in [3.63, 3.8) is 0 Å². The van der Waals surface area contributed by atoms with Gasteiger partial charge in [-0.15, -0.1) is 0 Å². The SMILES string of the molecule is CCCCc1nc(O)c(Cc2ccc(-n3cc(Cl)ccc3=O)cc2)c(=O)n1-c1c(OC)cccc1OC.